The molecule has 0 saturated carbocycles. The summed E-state index contributed by atoms with van der Waals surface area (Å²) >= 11 is 0. The second kappa shape index (κ2) is 7.21. The van der Waals surface area contributed by atoms with Crippen molar-refractivity contribution in [2.45, 2.75) is 13.3 Å². The lowest BCUT2D eigenvalue weighted by Gasteiger charge is -2.08. The van der Waals surface area contributed by atoms with Gasteiger partial charge in [0.05, 0.1) is 14.2 Å². The number of cyclic esters (lactones) is 1. The molecule has 0 saturated heterocycles. The molecular formula is C20H19NO4. The van der Waals surface area contributed by atoms with Gasteiger partial charge in [-0.2, -0.15) is 0 Å². The fourth-order valence-corrected chi connectivity index (χ4v) is 2.51. The van der Waals surface area contributed by atoms with Crippen LogP contribution in [0.3, 0.4) is 0 Å². The first-order valence-electron chi connectivity index (χ1n) is 7.98. The van der Waals surface area contributed by atoms with E-state index < -0.39 is 5.97 Å². The van der Waals surface area contributed by atoms with Crippen molar-refractivity contribution in [2.24, 2.45) is 4.99 Å². The SMILES string of the molecule is CCc1ccc(/C=C2/N=C(c3ccc(OC)c(OC)c3)OC2=O)cc1. The highest BCUT2D eigenvalue weighted by molar-refractivity contribution is 6.13. The third-order valence-corrected chi connectivity index (χ3v) is 3.94. The molecule has 0 aromatic heterocycles. The Balaban J connectivity index is 1.90. The highest BCUT2D eigenvalue weighted by Gasteiger charge is 2.25. The van der Waals surface area contributed by atoms with Gasteiger partial charge in [-0.25, -0.2) is 9.79 Å². The standard InChI is InChI=1S/C20H19NO4/c1-4-13-5-7-14(8-6-13)11-16-20(22)25-19(21-16)15-9-10-17(23-2)18(12-15)24-3/h5-12H,4H2,1-3H3/b16-11+. The lowest BCUT2D eigenvalue weighted by molar-refractivity contribution is -0.129. The summed E-state index contributed by atoms with van der Waals surface area (Å²) in [6.07, 6.45) is 2.69. The first kappa shape index (κ1) is 16.8. The van der Waals surface area contributed by atoms with Gasteiger partial charge in [-0.3, -0.25) is 0 Å². The van der Waals surface area contributed by atoms with Crippen molar-refractivity contribution in [1.29, 1.82) is 0 Å². The number of esters is 1. The highest BCUT2D eigenvalue weighted by atomic mass is 16.6. The Hall–Kier alpha value is -3.08. The second-order valence-electron chi connectivity index (χ2n) is 5.50. The average Bonchev–Trinajstić information content (AvgIpc) is 3.02. The number of carbonyl (C=O) groups excluding carboxylic acids is 1. The molecule has 2 aromatic carbocycles. The Morgan fingerprint density at radius 3 is 2.40 bits per heavy atom. The predicted molar refractivity (Wildman–Crippen MR) is 96.0 cm³/mol. The summed E-state index contributed by atoms with van der Waals surface area (Å²) in [7, 11) is 3.12. The van der Waals surface area contributed by atoms with E-state index in [9.17, 15) is 4.79 Å². The summed E-state index contributed by atoms with van der Waals surface area (Å²) < 4.78 is 15.8. The van der Waals surface area contributed by atoms with Crippen LogP contribution >= 0.6 is 0 Å². The van der Waals surface area contributed by atoms with Crippen molar-refractivity contribution in [3.05, 3.63) is 64.9 Å². The summed E-state index contributed by atoms with van der Waals surface area (Å²) in [5.74, 6) is 0.932. The minimum Gasteiger partial charge on any atom is -0.493 e. The number of hydrogen-bond donors (Lipinski definition) is 0. The van der Waals surface area contributed by atoms with E-state index in [1.54, 1.807) is 38.5 Å². The van der Waals surface area contributed by atoms with Crippen LogP contribution in [0.1, 0.15) is 23.6 Å². The number of carbonyl (C=O) groups is 1. The average molecular weight is 337 g/mol. The second-order valence-corrected chi connectivity index (χ2v) is 5.50. The molecule has 5 nitrogen and oxygen atoms in total. The van der Waals surface area contributed by atoms with Gasteiger partial charge in [0.15, 0.2) is 17.2 Å². The minimum absolute atomic E-state index is 0.252. The number of rotatable bonds is 5. The molecule has 1 heterocycles. The molecule has 0 spiro atoms. The van der Waals surface area contributed by atoms with Crippen LogP contribution in [0.15, 0.2) is 53.2 Å². The van der Waals surface area contributed by atoms with Gasteiger partial charge < -0.3 is 14.2 Å². The Labute approximate surface area is 146 Å². The van der Waals surface area contributed by atoms with Gasteiger partial charge in [-0.15, -0.1) is 0 Å². The lowest BCUT2D eigenvalue weighted by Crippen LogP contribution is -2.05. The third kappa shape index (κ3) is 3.55. The third-order valence-electron chi connectivity index (χ3n) is 3.94. The van der Waals surface area contributed by atoms with Crippen molar-refractivity contribution in [3.8, 4) is 11.5 Å². The van der Waals surface area contributed by atoms with Crippen molar-refractivity contribution >= 4 is 17.9 Å². The normalized spacial score (nSPS) is 15.1. The number of aryl methyl sites for hydroxylation is 1. The maximum absolute atomic E-state index is 12.1. The fourth-order valence-electron chi connectivity index (χ4n) is 2.51. The number of methoxy groups -OCH3 is 2. The van der Waals surface area contributed by atoms with Gasteiger partial charge in [0.2, 0.25) is 5.90 Å². The fraction of sp³-hybridized carbons (Fsp3) is 0.200. The highest BCUT2D eigenvalue weighted by Crippen LogP contribution is 2.29. The van der Waals surface area contributed by atoms with Crippen LogP contribution in [0.5, 0.6) is 11.5 Å². The van der Waals surface area contributed by atoms with Crippen molar-refractivity contribution in [1.82, 2.24) is 0 Å². The Bertz CT molecular complexity index is 850. The van der Waals surface area contributed by atoms with E-state index in [1.165, 1.54) is 5.56 Å². The van der Waals surface area contributed by atoms with Crippen LogP contribution in [0, 0.1) is 0 Å². The summed E-state index contributed by atoms with van der Waals surface area (Å²) in [5.41, 5.74) is 3.07. The predicted octanol–water partition coefficient (Wildman–Crippen LogP) is 3.61. The summed E-state index contributed by atoms with van der Waals surface area (Å²) in [6, 6.07) is 13.2. The number of nitrogens with zero attached hydrogens (tertiary/aromatic N) is 1. The molecule has 128 valence electrons. The van der Waals surface area contributed by atoms with Crippen LogP contribution in [-0.4, -0.2) is 26.1 Å². The van der Waals surface area contributed by atoms with Gasteiger partial charge in [0.25, 0.3) is 0 Å². The Morgan fingerprint density at radius 2 is 1.76 bits per heavy atom. The van der Waals surface area contributed by atoms with E-state index in [0.717, 1.165) is 12.0 Å². The monoisotopic (exact) mass is 337 g/mol. The van der Waals surface area contributed by atoms with E-state index in [-0.39, 0.29) is 11.6 Å². The smallest absolute Gasteiger partial charge is 0.363 e. The Kier molecular flexibility index (Phi) is 4.84. The lowest BCUT2D eigenvalue weighted by atomic mass is 10.1. The molecule has 1 aliphatic heterocycles. The first-order valence-corrected chi connectivity index (χ1v) is 7.98. The van der Waals surface area contributed by atoms with Gasteiger partial charge >= 0.3 is 5.97 Å². The van der Waals surface area contributed by atoms with Crippen LogP contribution in [0.4, 0.5) is 0 Å². The molecule has 5 heteroatoms. The molecule has 25 heavy (non-hydrogen) atoms. The minimum atomic E-state index is -0.468. The molecule has 0 fully saturated rings. The molecule has 2 aromatic rings. The first-order chi connectivity index (χ1) is 12.1. The van der Waals surface area contributed by atoms with E-state index in [0.29, 0.717) is 17.1 Å². The summed E-state index contributed by atoms with van der Waals surface area (Å²) in [6.45, 7) is 2.10. The zero-order valence-electron chi connectivity index (χ0n) is 14.4. The molecule has 0 bridgehead atoms. The number of hydrogen-bond acceptors (Lipinski definition) is 5. The number of ether oxygens (including phenoxy) is 3. The molecule has 0 N–H and O–H groups in total. The number of aliphatic imine (C=N–C) groups is 1. The maximum Gasteiger partial charge on any atom is 0.363 e. The molecule has 0 amide bonds. The summed E-state index contributed by atoms with van der Waals surface area (Å²) in [5, 5.41) is 0. The number of benzene rings is 2. The molecule has 1 aliphatic rings. The van der Waals surface area contributed by atoms with Gasteiger partial charge in [0.1, 0.15) is 0 Å². The van der Waals surface area contributed by atoms with Gasteiger partial charge in [-0.1, -0.05) is 31.2 Å². The quantitative estimate of drug-likeness (QED) is 0.618. The molecule has 0 unspecified atom stereocenters. The van der Waals surface area contributed by atoms with Crippen molar-refractivity contribution < 1.29 is 19.0 Å². The zero-order chi connectivity index (χ0) is 17.8. The van der Waals surface area contributed by atoms with E-state index in [1.807, 2.05) is 24.3 Å². The summed E-state index contributed by atoms with van der Waals surface area (Å²) in [4.78, 5) is 16.4. The molecule has 0 radical (unpaired) electrons. The van der Waals surface area contributed by atoms with Crippen LogP contribution in [0.25, 0.3) is 6.08 Å². The van der Waals surface area contributed by atoms with Crippen LogP contribution in [-0.2, 0) is 16.0 Å². The van der Waals surface area contributed by atoms with Crippen LogP contribution < -0.4 is 9.47 Å². The van der Waals surface area contributed by atoms with Gasteiger partial charge in [-0.05, 0) is 41.8 Å². The van der Waals surface area contributed by atoms with E-state index in [4.69, 9.17) is 14.2 Å². The van der Waals surface area contributed by atoms with Crippen molar-refractivity contribution in [3.63, 3.8) is 0 Å². The van der Waals surface area contributed by atoms with Crippen LogP contribution in [0.2, 0.25) is 0 Å². The van der Waals surface area contributed by atoms with Crippen molar-refractivity contribution in [2.75, 3.05) is 14.2 Å². The molecule has 0 atom stereocenters. The molecule has 3 rings (SSSR count). The zero-order valence-corrected chi connectivity index (χ0v) is 14.4. The largest absolute Gasteiger partial charge is 0.493 e. The van der Waals surface area contributed by atoms with E-state index in [2.05, 4.69) is 11.9 Å². The molecule has 0 aliphatic carbocycles. The maximum atomic E-state index is 12.1. The van der Waals surface area contributed by atoms with E-state index >= 15 is 0 Å². The molecular weight excluding hydrogens is 318 g/mol. The topological polar surface area (TPSA) is 57.1 Å². The van der Waals surface area contributed by atoms with Gasteiger partial charge in [0, 0.05) is 5.56 Å². The Morgan fingerprint density at radius 1 is 1.04 bits per heavy atom.